The molecule has 3 rings (SSSR count). The van der Waals surface area contributed by atoms with Crippen LogP contribution in [0.1, 0.15) is 12.5 Å². The van der Waals surface area contributed by atoms with Crippen molar-refractivity contribution in [2.75, 3.05) is 5.75 Å². The number of hydrogen-bond donors (Lipinski definition) is 1. The van der Waals surface area contributed by atoms with E-state index >= 15 is 0 Å². The maximum Gasteiger partial charge on any atom is 0.250 e. The fourth-order valence-electron chi connectivity index (χ4n) is 2.40. The van der Waals surface area contributed by atoms with Gasteiger partial charge in [0.1, 0.15) is 0 Å². The number of para-hydroxylation sites is 2. The lowest BCUT2D eigenvalue weighted by Crippen LogP contribution is -2.20. The Bertz CT molecular complexity index is 971. The minimum absolute atomic E-state index is 0.207. The van der Waals surface area contributed by atoms with E-state index in [0.29, 0.717) is 10.0 Å². The number of nitrogens with zero attached hydrogens (tertiary/aromatic N) is 3. The Morgan fingerprint density at radius 2 is 2.08 bits per heavy atom. The van der Waals surface area contributed by atoms with E-state index in [1.807, 2.05) is 24.3 Å². The molecule has 134 valence electrons. The molecular weight excluding hydrogens is 391 g/mol. The van der Waals surface area contributed by atoms with Gasteiger partial charge in [-0.25, -0.2) is 10.4 Å². The summed E-state index contributed by atoms with van der Waals surface area (Å²) in [5.41, 5.74) is 5.24. The van der Waals surface area contributed by atoms with Crippen molar-refractivity contribution in [1.29, 1.82) is 0 Å². The maximum absolute atomic E-state index is 12.0. The lowest BCUT2D eigenvalue weighted by molar-refractivity contribution is -0.118. The number of thioether (sulfide) groups is 1. The zero-order valence-corrected chi connectivity index (χ0v) is 16.3. The van der Waals surface area contributed by atoms with Gasteiger partial charge in [-0.05, 0) is 36.8 Å². The third kappa shape index (κ3) is 4.38. The fraction of sp³-hybridized carbons (Fsp3) is 0.167. The summed E-state index contributed by atoms with van der Waals surface area (Å²) in [5, 5.41) is 5.68. The molecule has 1 heterocycles. The van der Waals surface area contributed by atoms with E-state index in [1.54, 1.807) is 18.2 Å². The number of carbonyl (C=O) groups is 1. The molecule has 26 heavy (non-hydrogen) atoms. The van der Waals surface area contributed by atoms with Crippen LogP contribution < -0.4 is 5.43 Å². The molecule has 1 aromatic heterocycles. The number of benzene rings is 2. The van der Waals surface area contributed by atoms with Gasteiger partial charge in [-0.2, -0.15) is 5.10 Å². The van der Waals surface area contributed by atoms with Crippen molar-refractivity contribution in [2.45, 2.75) is 18.6 Å². The van der Waals surface area contributed by atoms with Crippen molar-refractivity contribution in [2.24, 2.45) is 5.10 Å². The number of aryl methyl sites for hydroxylation is 1. The number of nitrogens with one attached hydrogen (secondary N) is 1. The summed E-state index contributed by atoms with van der Waals surface area (Å²) in [7, 11) is 0. The molecule has 0 aliphatic heterocycles. The van der Waals surface area contributed by atoms with Crippen LogP contribution >= 0.6 is 35.0 Å². The van der Waals surface area contributed by atoms with Crippen molar-refractivity contribution in [1.82, 2.24) is 15.0 Å². The molecule has 0 fully saturated rings. The number of fused-ring (bicyclic) bond motifs is 1. The molecule has 0 saturated heterocycles. The molecule has 3 aromatic rings. The number of carbonyl (C=O) groups excluding carboxylic acids is 1. The molecule has 0 atom stereocenters. The summed E-state index contributed by atoms with van der Waals surface area (Å²) in [6.07, 6.45) is 1.52. The average molecular weight is 407 g/mol. The van der Waals surface area contributed by atoms with Crippen LogP contribution in [-0.2, 0) is 11.3 Å². The van der Waals surface area contributed by atoms with Crippen LogP contribution in [0.25, 0.3) is 11.0 Å². The van der Waals surface area contributed by atoms with E-state index in [2.05, 4.69) is 27.0 Å². The molecule has 1 N–H and O–H groups in total. The number of hydrazone groups is 1. The summed E-state index contributed by atoms with van der Waals surface area (Å²) in [4.78, 5) is 16.6. The third-order valence-electron chi connectivity index (χ3n) is 3.61. The van der Waals surface area contributed by atoms with E-state index in [9.17, 15) is 4.79 Å². The number of imidazole rings is 1. The zero-order chi connectivity index (χ0) is 18.5. The molecule has 0 unspecified atom stereocenters. The molecule has 1 amide bonds. The number of amides is 1. The van der Waals surface area contributed by atoms with Gasteiger partial charge in [-0.15, -0.1) is 0 Å². The average Bonchev–Trinajstić information content (AvgIpc) is 3.00. The van der Waals surface area contributed by atoms with Gasteiger partial charge in [0.15, 0.2) is 5.16 Å². The van der Waals surface area contributed by atoms with E-state index in [0.717, 1.165) is 28.3 Å². The van der Waals surface area contributed by atoms with Gasteiger partial charge < -0.3 is 4.57 Å². The fourth-order valence-corrected chi connectivity index (χ4v) is 3.58. The first kappa shape index (κ1) is 18.8. The Labute approximate surface area is 165 Å². The predicted octanol–water partition coefficient (Wildman–Crippen LogP) is 4.61. The molecule has 0 bridgehead atoms. The summed E-state index contributed by atoms with van der Waals surface area (Å²) in [6, 6.07) is 13.0. The van der Waals surface area contributed by atoms with Crippen molar-refractivity contribution in [3.8, 4) is 0 Å². The summed E-state index contributed by atoms with van der Waals surface area (Å²) >= 11 is 13.2. The second-order valence-corrected chi connectivity index (χ2v) is 7.14. The molecule has 2 aromatic carbocycles. The van der Waals surface area contributed by atoms with Gasteiger partial charge in [0.05, 0.1) is 33.0 Å². The van der Waals surface area contributed by atoms with Gasteiger partial charge in [-0.3, -0.25) is 4.79 Å². The molecule has 5 nitrogen and oxygen atoms in total. The highest BCUT2D eigenvalue weighted by Crippen LogP contribution is 2.24. The van der Waals surface area contributed by atoms with Gasteiger partial charge in [0, 0.05) is 6.54 Å². The van der Waals surface area contributed by atoms with E-state index in [1.165, 1.54) is 18.0 Å². The summed E-state index contributed by atoms with van der Waals surface area (Å²) in [5.74, 6) is 0.0169. The molecule has 0 aliphatic rings. The first-order valence-corrected chi connectivity index (χ1v) is 9.67. The lowest BCUT2D eigenvalue weighted by Gasteiger charge is -2.05. The standard InChI is InChI=1S/C18H16Cl2N4OS/c1-2-24-16-6-4-3-5-15(16)22-18(24)26-11-17(25)23-21-10-12-7-8-13(19)14(20)9-12/h3-10H,2,11H2,1H3,(H,23,25)/b21-10-. The first-order valence-electron chi connectivity index (χ1n) is 7.93. The van der Waals surface area contributed by atoms with Crippen LogP contribution in [0.3, 0.4) is 0 Å². The Kier molecular flexibility index (Phi) is 6.19. The van der Waals surface area contributed by atoms with Crippen molar-refractivity contribution in [3.63, 3.8) is 0 Å². The minimum atomic E-state index is -0.207. The highest BCUT2D eigenvalue weighted by atomic mass is 35.5. The van der Waals surface area contributed by atoms with Crippen molar-refractivity contribution < 1.29 is 4.79 Å². The SMILES string of the molecule is CCn1c(SCC(=O)N/N=C\c2ccc(Cl)c(Cl)c2)nc2ccccc21. The number of halogens is 2. The van der Waals surface area contributed by atoms with E-state index < -0.39 is 0 Å². The normalized spacial score (nSPS) is 11.3. The largest absolute Gasteiger partial charge is 0.319 e. The van der Waals surface area contributed by atoms with Crippen LogP contribution in [0.5, 0.6) is 0 Å². The second kappa shape index (κ2) is 8.58. The van der Waals surface area contributed by atoms with Crippen LogP contribution in [-0.4, -0.2) is 27.4 Å². The highest BCUT2D eigenvalue weighted by Gasteiger charge is 2.11. The Balaban J connectivity index is 1.59. The summed E-state index contributed by atoms with van der Waals surface area (Å²) in [6.45, 7) is 2.85. The zero-order valence-electron chi connectivity index (χ0n) is 13.9. The first-order chi connectivity index (χ1) is 12.6. The van der Waals surface area contributed by atoms with Crippen molar-refractivity contribution in [3.05, 3.63) is 58.1 Å². The smallest absolute Gasteiger partial charge is 0.250 e. The second-order valence-electron chi connectivity index (χ2n) is 5.38. The maximum atomic E-state index is 12.0. The third-order valence-corrected chi connectivity index (χ3v) is 5.33. The number of aromatic nitrogens is 2. The lowest BCUT2D eigenvalue weighted by atomic mass is 10.2. The topological polar surface area (TPSA) is 59.3 Å². The quantitative estimate of drug-likeness (QED) is 0.369. The predicted molar refractivity (Wildman–Crippen MR) is 108 cm³/mol. The number of rotatable bonds is 6. The van der Waals surface area contributed by atoms with Crippen LogP contribution in [0, 0.1) is 0 Å². The summed E-state index contributed by atoms with van der Waals surface area (Å²) < 4.78 is 2.09. The van der Waals surface area contributed by atoms with Crippen molar-refractivity contribution >= 4 is 58.1 Å². The molecule has 0 aliphatic carbocycles. The van der Waals surface area contributed by atoms with Gasteiger partial charge >= 0.3 is 0 Å². The van der Waals surface area contributed by atoms with Gasteiger partial charge in [0.25, 0.3) is 5.91 Å². The number of hydrogen-bond acceptors (Lipinski definition) is 4. The Morgan fingerprint density at radius 3 is 2.85 bits per heavy atom. The van der Waals surface area contributed by atoms with E-state index in [-0.39, 0.29) is 11.7 Å². The Morgan fingerprint density at radius 1 is 1.27 bits per heavy atom. The van der Waals surface area contributed by atoms with Crippen LogP contribution in [0.4, 0.5) is 0 Å². The highest BCUT2D eigenvalue weighted by molar-refractivity contribution is 7.99. The van der Waals surface area contributed by atoms with Gasteiger partial charge in [0.2, 0.25) is 0 Å². The molecule has 0 spiro atoms. The minimum Gasteiger partial charge on any atom is -0.319 e. The van der Waals surface area contributed by atoms with Crippen LogP contribution in [0.15, 0.2) is 52.7 Å². The van der Waals surface area contributed by atoms with Gasteiger partial charge in [-0.1, -0.05) is 53.2 Å². The monoisotopic (exact) mass is 406 g/mol. The molecule has 8 heteroatoms. The molecule has 0 radical (unpaired) electrons. The Hall–Kier alpha value is -2.02. The molecule has 0 saturated carbocycles. The van der Waals surface area contributed by atoms with Crippen LogP contribution in [0.2, 0.25) is 10.0 Å². The molecular formula is C18H16Cl2N4OS. The van der Waals surface area contributed by atoms with E-state index in [4.69, 9.17) is 23.2 Å².